The highest BCUT2D eigenvalue weighted by Gasteiger charge is 2.56. The first kappa shape index (κ1) is 22.0. The zero-order chi connectivity index (χ0) is 22.4. The lowest BCUT2D eigenvalue weighted by Gasteiger charge is -2.52. The number of carboxylic acid groups (broad SMARTS) is 1. The summed E-state index contributed by atoms with van der Waals surface area (Å²) in [7, 11) is 0. The van der Waals surface area contributed by atoms with Crippen LogP contribution < -0.4 is 0 Å². The van der Waals surface area contributed by atoms with Crippen molar-refractivity contribution in [3.8, 4) is 0 Å². The molecule has 0 bridgehead atoms. The van der Waals surface area contributed by atoms with E-state index in [1.54, 1.807) is 0 Å². The molecule has 2 saturated carbocycles. The number of ether oxygens (including phenoxy) is 1. The van der Waals surface area contributed by atoms with E-state index >= 15 is 0 Å². The smallest absolute Gasteiger partial charge is 0.306 e. The van der Waals surface area contributed by atoms with Gasteiger partial charge in [0.15, 0.2) is 5.78 Å². The molecule has 0 saturated heterocycles. The zero-order valence-corrected chi connectivity index (χ0v) is 18.3. The molecule has 4 aliphatic rings. The van der Waals surface area contributed by atoms with Crippen LogP contribution in [0.4, 0.5) is 0 Å². The minimum absolute atomic E-state index is 0.0474. The van der Waals surface area contributed by atoms with Gasteiger partial charge in [-0.2, -0.15) is 0 Å². The second-order valence-corrected chi connectivity index (χ2v) is 10.0. The van der Waals surface area contributed by atoms with Crippen LogP contribution in [0.1, 0.15) is 58.8 Å². The first-order valence-electron chi connectivity index (χ1n) is 11.3. The summed E-state index contributed by atoms with van der Waals surface area (Å²) in [6, 6.07) is 0. The number of carbonyl (C=O) groups is 3. The van der Waals surface area contributed by atoms with Crippen LogP contribution in [-0.2, 0) is 19.1 Å². The lowest BCUT2D eigenvalue weighted by Crippen LogP contribution is -2.45. The molecular weight excluding hydrogens is 396 g/mol. The van der Waals surface area contributed by atoms with Crippen LogP contribution in [0.3, 0.4) is 0 Å². The van der Waals surface area contributed by atoms with E-state index in [9.17, 15) is 19.5 Å². The number of rotatable bonds is 6. The predicted octanol–water partition coefficient (Wildman–Crippen LogP) is 3.60. The van der Waals surface area contributed by atoms with E-state index in [2.05, 4.69) is 26.0 Å². The fourth-order valence-corrected chi connectivity index (χ4v) is 6.70. The summed E-state index contributed by atoms with van der Waals surface area (Å²) < 4.78 is 5.09. The van der Waals surface area contributed by atoms with Crippen LogP contribution in [0.2, 0.25) is 0 Å². The molecule has 31 heavy (non-hydrogen) atoms. The predicted molar refractivity (Wildman–Crippen MR) is 114 cm³/mol. The molecule has 4 rings (SSSR count). The van der Waals surface area contributed by atoms with Crippen LogP contribution in [0, 0.1) is 28.6 Å². The van der Waals surface area contributed by atoms with Crippen molar-refractivity contribution in [3.05, 3.63) is 35.5 Å². The number of fused-ring (bicyclic) bond motifs is 5. The number of aliphatic hydroxyl groups is 1. The lowest BCUT2D eigenvalue weighted by atomic mass is 9.52. The summed E-state index contributed by atoms with van der Waals surface area (Å²) in [5.74, 6) is -1.03. The number of aliphatic carboxylic acids is 1. The Bertz CT molecular complexity index is 882. The van der Waals surface area contributed by atoms with Crippen molar-refractivity contribution in [2.45, 2.75) is 64.9 Å². The van der Waals surface area contributed by atoms with Gasteiger partial charge in [0.1, 0.15) is 6.61 Å². The molecule has 0 spiro atoms. The molecule has 3 unspecified atom stereocenters. The average Bonchev–Trinajstić information content (AvgIpc) is 3.08. The Balaban J connectivity index is 1.47. The number of Topliss-reactive ketones (excluding diaryl/α,β-unsaturated/α-hetero) is 1. The van der Waals surface area contributed by atoms with Crippen LogP contribution in [0.25, 0.3) is 0 Å². The SMILES string of the molecule is C[C@]12C=CC(O)C=C1CCC1C2=CC[C@@]2(C)C1CC[C@@H]2C(=O)COC(=O)CCC(=O)O. The largest absolute Gasteiger partial charge is 0.481 e. The molecule has 2 fully saturated rings. The van der Waals surface area contributed by atoms with Crippen LogP contribution >= 0.6 is 0 Å². The Morgan fingerprint density at radius 2 is 1.94 bits per heavy atom. The van der Waals surface area contributed by atoms with E-state index < -0.39 is 18.0 Å². The van der Waals surface area contributed by atoms with E-state index in [1.807, 2.05) is 12.2 Å². The standard InChI is InChI=1S/C25H32O6/c1-24-11-9-16(26)13-15(24)3-4-17-18-5-6-20(25(18,2)12-10-19(17)24)21(27)14-31-23(30)8-7-22(28)29/h9-11,13,16-18,20,26H,3-8,12,14H2,1-2H3,(H,28,29)/t16?,17?,18?,20-,24+,25+/m1/s1. The average molecular weight is 429 g/mol. The molecule has 0 radical (unpaired) electrons. The van der Waals surface area contributed by atoms with Crippen molar-refractivity contribution >= 4 is 17.7 Å². The summed E-state index contributed by atoms with van der Waals surface area (Å²) in [4.78, 5) is 35.3. The molecular formula is C25H32O6. The van der Waals surface area contributed by atoms with Crippen molar-refractivity contribution in [1.29, 1.82) is 0 Å². The molecule has 4 aliphatic carbocycles. The quantitative estimate of drug-likeness (QED) is 0.495. The summed E-state index contributed by atoms with van der Waals surface area (Å²) in [5.41, 5.74) is 2.45. The number of carboxylic acids is 1. The number of esters is 1. The van der Waals surface area contributed by atoms with E-state index in [4.69, 9.17) is 9.84 Å². The number of carbonyl (C=O) groups excluding carboxylic acids is 2. The normalized spacial score (nSPS) is 38.3. The van der Waals surface area contributed by atoms with Gasteiger partial charge >= 0.3 is 11.9 Å². The number of hydrogen-bond donors (Lipinski definition) is 2. The van der Waals surface area contributed by atoms with Gasteiger partial charge in [-0.05, 0) is 56.3 Å². The van der Waals surface area contributed by atoms with Gasteiger partial charge in [0.05, 0.1) is 18.9 Å². The zero-order valence-electron chi connectivity index (χ0n) is 18.3. The third-order valence-electron chi connectivity index (χ3n) is 8.35. The third-order valence-corrected chi connectivity index (χ3v) is 8.35. The van der Waals surface area contributed by atoms with Gasteiger partial charge in [-0.15, -0.1) is 0 Å². The molecule has 168 valence electrons. The fraction of sp³-hybridized carbons (Fsp3) is 0.640. The Morgan fingerprint density at radius 3 is 2.68 bits per heavy atom. The van der Waals surface area contributed by atoms with Crippen LogP contribution in [0.5, 0.6) is 0 Å². The Morgan fingerprint density at radius 1 is 1.16 bits per heavy atom. The molecule has 0 heterocycles. The minimum atomic E-state index is -1.05. The topological polar surface area (TPSA) is 101 Å². The number of ketones is 1. The van der Waals surface area contributed by atoms with Crippen molar-refractivity contribution < 1.29 is 29.3 Å². The first-order valence-corrected chi connectivity index (χ1v) is 11.3. The highest BCUT2D eigenvalue weighted by Crippen LogP contribution is 2.64. The van der Waals surface area contributed by atoms with E-state index in [1.165, 1.54) is 11.1 Å². The highest BCUT2D eigenvalue weighted by atomic mass is 16.5. The van der Waals surface area contributed by atoms with Gasteiger partial charge in [0, 0.05) is 11.3 Å². The van der Waals surface area contributed by atoms with Crippen molar-refractivity contribution in [1.82, 2.24) is 0 Å². The van der Waals surface area contributed by atoms with Gasteiger partial charge < -0.3 is 14.9 Å². The van der Waals surface area contributed by atoms with Crippen molar-refractivity contribution in [2.24, 2.45) is 28.6 Å². The summed E-state index contributed by atoms with van der Waals surface area (Å²) in [5, 5.41) is 18.7. The first-order chi connectivity index (χ1) is 14.6. The maximum absolute atomic E-state index is 13.0. The Kier molecular flexibility index (Phi) is 5.71. The monoisotopic (exact) mass is 428 g/mol. The maximum atomic E-state index is 13.0. The molecule has 6 heteroatoms. The lowest BCUT2D eigenvalue weighted by molar-refractivity contribution is -0.152. The van der Waals surface area contributed by atoms with Gasteiger partial charge in [-0.25, -0.2) is 0 Å². The third kappa shape index (κ3) is 3.79. The second-order valence-electron chi connectivity index (χ2n) is 10.0. The Labute approximate surface area is 183 Å². The summed E-state index contributed by atoms with van der Waals surface area (Å²) >= 11 is 0. The van der Waals surface area contributed by atoms with Crippen molar-refractivity contribution in [2.75, 3.05) is 6.61 Å². The van der Waals surface area contributed by atoms with Gasteiger partial charge in [0.2, 0.25) is 0 Å². The molecule has 0 aliphatic heterocycles. The maximum Gasteiger partial charge on any atom is 0.306 e. The molecule has 0 amide bonds. The van der Waals surface area contributed by atoms with E-state index in [-0.39, 0.29) is 42.0 Å². The Hall–Kier alpha value is -2.21. The summed E-state index contributed by atoms with van der Waals surface area (Å²) in [6.07, 6.45) is 12.0. The fourth-order valence-electron chi connectivity index (χ4n) is 6.70. The molecule has 6 atom stereocenters. The van der Waals surface area contributed by atoms with Crippen LogP contribution in [0.15, 0.2) is 35.5 Å². The van der Waals surface area contributed by atoms with Crippen molar-refractivity contribution in [3.63, 3.8) is 0 Å². The molecule has 0 aromatic carbocycles. The van der Waals surface area contributed by atoms with Gasteiger partial charge in [-0.1, -0.05) is 42.4 Å². The van der Waals surface area contributed by atoms with Gasteiger partial charge in [-0.3, -0.25) is 14.4 Å². The molecule has 0 aromatic rings. The molecule has 0 aromatic heterocycles. The number of aliphatic hydroxyl groups excluding tert-OH is 1. The molecule has 2 N–H and O–H groups in total. The second kappa shape index (κ2) is 8.05. The number of hydrogen-bond acceptors (Lipinski definition) is 5. The highest BCUT2D eigenvalue weighted by molar-refractivity contribution is 5.86. The summed E-state index contributed by atoms with van der Waals surface area (Å²) in [6.45, 7) is 4.19. The van der Waals surface area contributed by atoms with E-state index in [0.717, 1.165) is 32.1 Å². The molecule has 6 nitrogen and oxygen atoms in total. The van der Waals surface area contributed by atoms with Crippen LogP contribution in [-0.4, -0.2) is 40.6 Å². The van der Waals surface area contributed by atoms with E-state index in [0.29, 0.717) is 11.8 Å². The number of allylic oxidation sites excluding steroid dienone is 4. The van der Waals surface area contributed by atoms with Gasteiger partial charge in [0.25, 0.3) is 0 Å². The minimum Gasteiger partial charge on any atom is -0.481 e.